The fourth-order valence-electron chi connectivity index (χ4n) is 1.61. The molecule has 0 spiro atoms. The van der Waals surface area contributed by atoms with E-state index in [0.29, 0.717) is 21.1 Å². The second-order valence-electron chi connectivity index (χ2n) is 3.92. The third kappa shape index (κ3) is 3.30. The first kappa shape index (κ1) is 14.4. The zero-order valence-corrected chi connectivity index (χ0v) is 11.9. The predicted molar refractivity (Wildman–Crippen MR) is 79.1 cm³/mol. The monoisotopic (exact) mass is 309 g/mol. The highest BCUT2D eigenvalue weighted by molar-refractivity contribution is 6.42. The Kier molecular flexibility index (Phi) is 4.51. The van der Waals surface area contributed by atoms with E-state index in [9.17, 15) is 4.79 Å². The van der Waals surface area contributed by atoms with Crippen LogP contribution in [0.3, 0.4) is 0 Å². The van der Waals surface area contributed by atoms with Crippen LogP contribution < -0.4 is 5.46 Å². The van der Waals surface area contributed by atoms with Gasteiger partial charge in [0.1, 0.15) is 13.0 Å². The Morgan fingerprint density at radius 1 is 1.26 bits per heavy atom. The van der Waals surface area contributed by atoms with Crippen molar-refractivity contribution in [3.05, 3.63) is 56.8 Å². The van der Waals surface area contributed by atoms with Crippen molar-refractivity contribution in [2.75, 3.05) is 0 Å². The van der Waals surface area contributed by atoms with Crippen LogP contribution in [0, 0.1) is 0 Å². The van der Waals surface area contributed by atoms with E-state index >= 15 is 0 Å². The van der Waals surface area contributed by atoms with Crippen molar-refractivity contribution in [2.45, 2.75) is 6.42 Å². The van der Waals surface area contributed by atoms with Gasteiger partial charge in [-0.05, 0) is 11.6 Å². The smallest absolute Gasteiger partial charge is 0.170 e. The lowest BCUT2D eigenvalue weighted by molar-refractivity contribution is 0.0993. The summed E-state index contributed by atoms with van der Waals surface area (Å²) in [6.07, 6.45) is 1.48. The Morgan fingerprint density at radius 2 is 2.00 bits per heavy atom. The highest BCUT2D eigenvalue weighted by atomic mass is 35.5. The van der Waals surface area contributed by atoms with Gasteiger partial charge in [-0.15, -0.1) is 0 Å². The average Bonchev–Trinajstić information content (AvgIpc) is 2.38. The van der Waals surface area contributed by atoms with Crippen LogP contribution in [0.25, 0.3) is 0 Å². The highest BCUT2D eigenvalue weighted by Crippen LogP contribution is 2.27. The summed E-state index contributed by atoms with van der Waals surface area (Å²) in [5.74, 6) is -0.214. The van der Waals surface area contributed by atoms with E-state index in [1.165, 1.54) is 12.3 Å². The lowest BCUT2D eigenvalue weighted by Crippen LogP contribution is -2.12. The molecule has 1 heterocycles. The Hall–Kier alpha value is -1.03. The number of rotatable bonds is 3. The molecule has 1 aromatic carbocycles. The summed E-state index contributed by atoms with van der Waals surface area (Å²) >= 11 is 17.8. The molecule has 2 rings (SSSR count). The van der Waals surface area contributed by atoms with Crippen molar-refractivity contribution in [2.24, 2.45) is 0 Å². The summed E-state index contributed by atoms with van der Waals surface area (Å²) in [5, 5.41) is 0.895. The van der Waals surface area contributed by atoms with Gasteiger partial charge in [0, 0.05) is 12.6 Å². The standard InChI is InChI=1S/C13H7BCl3NO/c14-8-5-9(13(17)18-6-8)11(19)4-7-2-1-3-10(15)12(7)16/h1-3,5-6H,4H2. The first-order valence-corrected chi connectivity index (χ1v) is 6.49. The molecule has 0 fully saturated rings. The molecular weight excluding hydrogens is 303 g/mol. The summed E-state index contributed by atoms with van der Waals surface area (Å²) < 4.78 is 0. The maximum absolute atomic E-state index is 12.2. The molecule has 0 bridgehead atoms. The summed E-state index contributed by atoms with van der Waals surface area (Å²) in [4.78, 5) is 16.0. The molecule has 6 heteroatoms. The predicted octanol–water partition coefficient (Wildman–Crippen LogP) is 3.26. The minimum absolute atomic E-state index is 0.0875. The molecule has 0 aliphatic heterocycles. The van der Waals surface area contributed by atoms with Crippen LogP contribution in [0.4, 0.5) is 0 Å². The Bertz CT molecular complexity index is 646. The van der Waals surface area contributed by atoms with Crippen LogP contribution in [0.2, 0.25) is 15.2 Å². The molecule has 2 nitrogen and oxygen atoms in total. The Morgan fingerprint density at radius 3 is 2.74 bits per heavy atom. The quantitative estimate of drug-likeness (QED) is 0.495. The molecule has 0 atom stereocenters. The first-order chi connectivity index (χ1) is 8.99. The number of halogens is 3. The molecular formula is C13H7BCl3NO. The van der Waals surface area contributed by atoms with E-state index < -0.39 is 0 Å². The minimum Gasteiger partial charge on any atom is -0.294 e. The van der Waals surface area contributed by atoms with E-state index in [-0.39, 0.29) is 22.9 Å². The number of aromatic nitrogens is 1. The van der Waals surface area contributed by atoms with Crippen molar-refractivity contribution in [1.29, 1.82) is 0 Å². The van der Waals surface area contributed by atoms with Gasteiger partial charge in [0.15, 0.2) is 5.78 Å². The van der Waals surface area contributed by atoms with E-state index in [4.69, 9.17) is 42.6 Å². The molecule has 19 heavy (non-hydrogen) atoms. The molecule has 0 aliphatic carbocycles. The molecule has 2 radical (unpaired) electrons. The summed E-state index contributed by atoms with van der Waals surface area (Å²) in [6, 6.07) is 6.62. The second kappa shape index (κ2) is 5.95. The van der Waals surface area contributed by atoms with Crippen LogP contribution in [-0.2, 0) is 6.42 Å². The van der Waals surface area contributed by atoms with E-state index in [0.717, 1.165) is 0 Å². The molecule has 2 aromatic rings. The zero-order valence-electron chi connectivity index (χ0n) is 9.66. The second-order valence-corrected chi connectivity index (χ2v) is 5.06. The fraction of sp³-hybridized carbons (Fsp3) is 0.0769. The van der Waals surface area contributed by atoms with Crippen LogP contribution in [0.5, 0.6) is 0 Å². The summed E-state index contributed by atoms with van der Waals surface area (Å²) in [5.41, 5.74) is 1.29. The van der Waals surface area contributed by atoms with Crippen molar-refractivity contribution >= 4 is 53.9 Å². The van der Waals surface area contributed by atoms with E-state index in [1.54, 1.807) is 18.2 Å². The number of pyridine rings is 1. The molecule has 0 aliphatic rings. The number of Topliss-reactive ketones (excluding diaryl/α,β-unsaturated/α-hetero) is 1. The average molecular weight is 310 g/mol. The summed E-state index contributed by atoms with van der Waals surface area (Å²) in [6.45, 7) is 0. The van der Waals surface area contributed by atoms with Crippen molar-refractivity contribution < 1.29 is 4.79 Å². The molecule has 0 amide bonds. The third-order valence-electron chi connectivity index (χ3n) is 2.54. The summed E-state index contributed by atoms with van der Waals surface area (Å²) in [7, 11) is 5.59. The largest absolute Gasteiger partial charge is 0.294 e. The van der Waals surface area contributed by atoms with Gasteiger partial charge in [-0.25, -0.2) is 4.98 Å². The fourth-order valence-corrected chi connectivity index (χ4v) is 2.21. The topological polar surface area (TPSA) is 30.0 Å². The van der Waals surface area contributed by atoms with Crippen LogP contribution in [-0.4, -0.2) is 18.6 Å². The van der Waals surface area contributed by atoms with Crippen molar-refractivity contribution in [1.82, 2.24) is 4.98 Å². The maximum Gasteiger partial charge on any atom is 0.170 e. The molecule has 0 N–H and O–H groups in total. The van der Waals surface area contributed by atoms with Crippen LogP contribution in [0.1, 0.15) is 15.9 Å². The molecule has 94 valence electrons. The lowest BCUT2D eigenvalue weighted by Gasteiger charge is -2.07. The van der Waals surface area contributed by atoms with E-state index in [1.807, 2.05) is 0 Å². The molecule has 0 saturated heterocycles. The van der Waals surface area contributed by atoms with Gasteiger partial charge >= 0.3 is 0 Å². The number of nitrogens with zero attached hydrogens (tertiary/aromatic N) is 1. The van der Waals surface area contributed by atoms with Crippen molar-refractivity contribution in [3.63, 3.8) is 0 Å². The maximum atomic E-state index is 12.2. The Balaban J connectivity index is 2.31. The van der Waals surface area contributed by atoms with Gasteiger partial charge in [0.05, 0.1) is 15.6 Å². The zero-order chi connectivity index (χ0) is 14.0. The van der Waals surface area contributed by atoms with Gasteiger partial charge < -0.3 is 0 Å². The number of benzene rings is 1. The molecule has 1 aromatic heterocycles. The van der Waals surface area contributed by atoms with Gasteiger partial charge in [-0.3, -0.25) is 4.79 Å². The van der Waals surface area contributed by atoms with Gasteiger partial charge in [0.25, 0.3) is 0 Å². The number of hydrogen-bond acceptors (Lipinski definition) is 2. The number of ketones is 1. The first-order valence-electron chi connectivity index (χ1n) is 5.36. The number of hydrogen-bond donors (Lipinski definition) is 0. The van der Waals surface area contributed by atoms with Gasteiger partial charge in [-0.1, -0.05) is 58.5 Å². The number of carbonyl (C=O) groups excluding carboxylic acids is 1. The molecule has 0 saturated carbocycles. The highest BCUT2D eigenvalue weighted by Gasteiger charge is 2.15. The van der Waals surface area contributed by atoms with Gasteiger partial charge in [0.2, 0.25) is 0 Å². The molecule has 0 unspecified atom stereocenters. The van der Waals surface area contributed by atoms with Gasteiger partial charge in [-0.2, -0.15) is 0 Å². The van der Waals surface area contributed by atoms with E-state index in [2.05, 4.69) is 4.98 Å². The Labute approximate surface area is 127 Å². The van der Waals surface area contributed by atoms with Crippen molar-refractivity contribution in [3.8, 4) is 0 Å². The normalized spacial score (nSPS) is 10.5. The third-order valence-corrected chi connectivity index (χ3v) is 3.70. The number of carbonyl (C=O) groups is 1. The SMILES string of the molecule is [B]c1cnc(Cl)c(C(=O)Cc2cccc(Cl)c2Cl)c1. The van der Waals surface area contributed by atoms with Crippen LogP contribution in [0.15, 0.2) is 30.5 Å². The minimum atomic E-state index is -0.214. The van der Waals surface area contributed by atoms with Crippen LogP contribution >= 0.6 is 34.8 Å². The lowest BCUT2D eigenvalue weighted by atomic mass is 9.95.